The molecule has 0 bridgehead atoms. The monoisotopic (exact) mass is 473 g/mol. The van der Waals surface area contributed by atoms with Crippen molar-refractivity contribution in [1.29, 1.82) is 0 Å². The van der Waals surface area contributed by atoms with Crippen LogP contribution in [-0.2, 0) is 6.54 Å². The number of carbonyl (C=O) groups excluding carboxylic acids is 1. The number of nitrogens with zero attached hydrogens (tertiary/aromatic N) is 1. The standard InChI is InChI=1S/C28H27NO6/c1-3-4-7-14-34-22-13-12-18(16-23(22)32-2)25-24-26(30)20-10-5-6-11-21(20)35-27(24)28(31)29(25)17-19-9-8-15-33-19/h5-6,8-13,15-16,25H,3-4,7,14,17H2,1-2H3. The van der Waals surface area contributed by atoms with Gasteiger partial charge in [-0.3, -0.25) is 9.59 Å². The molecule has 5 rings (SSSR count). The predicted molar refractivity (Wildman–Crippen MR) is 131 cm³/mol. The summed E-state index contributed by atoms with van der Waals surface area (Å²) in [7, 11) is 1.58. The summed E-state index contributed by atoms with van der Waals surface area (Å²) >= 11 is 0. The molecule has 35 heavy (non-hydrogen) atoms. The summed E-state index contributed by atoms with van der Waals surface area (Å²) in [6.45, 7) is 2.92. The molecule has 4 aromatic rings. The number of methoxy groups -OCH3 is 1. The molecule has 1 aliphatic heterocycles. The Bertz CT molecular complexity index is 1400. The van der Waals surface area contributed by atoms with E-state index in [-0.39, 0.29) is 23.6 Å². The maximum atomic E-state index is 13.6. The number of benzene rings is 2. The van der Waals surface area contributed by atoms with Crippen molar-refractivity contribution in [1.82, 2.24) is 4.90 Å². The molecule has 1 unspecified atom stereocenters. The van der Waals surface area contributed by atoms with Crippen LogP contribution in [0.25, 0.3) is 11.0 Å². The van der Waals surface area contributed by atoms with Gasteiger partial charge in [-0.1, -0.05) is 38.0 Å². The molecule has 1 atom stereocenters. The van der Waals surface area contributed by atoms with Crippen molar-refractivity contribution < 1.29 is 23.1 Å². The Morgan fingerprint density at radius 2 is 1.86 bits per heavy atom. The van der Waals surface area contributed by atoms with Crippen LogP contribution in [0.5, 0.6) is 11.5 Å². The van der Waals surface area contributed by atoms with Crippen LogP contribution in [0.4, 0.5) is 0 Å². The number of amides is 1. The number of unbranched alkanes of at least 4 members (excludes halogenated alkanes) is 2. The van der Waals surface area contributed by atoms with E-state index in [0.717, 1.165) is 24.8 Å². The Balaban J connectivity index is 1.60. The molecule has 0 N–H and O–H groups in total. The van der Waals surface area contributed by atoms with Gasteiger partial charge in [-0.25, -0.2) is 0 Å². The molecule has 0 aliphatic carbocycles. The van der Waals surface area contributed by atoms with Gasteiger partial charge in [0.15, 0.2) is 16.9 Å². The third-order valence-corrected chi connectivity index (χ3v) is 6.29. The van der Waals surface area contributed by atoms with E-state index in [0.29, 0.717) is 40.4 Å². The van der Waals surface area contributed by atoms with Crippen molar-refractivity contribution >= 4 is 16.9 Å². The van der Waals surface area contributed by atoms with Crippen molar-refractivity contribution in [3.63, 3.8) is 0 Å². The molecule has 2 aromatic carbocycles. The molecule has 3 heterocycles. The number of hydrogen-bond acceptors (Lipinski definition) is 6. The van der Waals surface area contributed by atoms with Crippen LogP contribution in [0.2, 0.25) is 0 Å². The predicted octanol–water partition coefficient (Wildman–Crippen LogP) is 5.71. The maximum Gasteiger partial charge on any atom is 0.291 e. The highest BCUT2D eigenvalue weighted by molar-refractivity contribution is 5.99. The summed E-state index contributed by atoms with van der Waals surface area (Å²) in [5, 5.41) is 0.437. The molecular formula is C28H27NO6. The van der Waals surface area contributed by atoms with E-state index >= 15 is 0 Å². The lowest BCUT2D eigenvalue weighted by molar-refractivity contribution is 0.0701. The van der Waals surface area contributed by atoms with Crippen LogP contribution in [0.3, 0.4) is 0 Å². The number of hydrogen-bond donors (Lipinski definition) is 0. The van der Waals surface area contributed by atoms with E-state index in [1.165, 1.54) is 0 Å². The SMILES string of the molecule is CCCCCOc1ccc(C2c3c(oc4ccccc4c3=O)C(=O)N2Cc2ccco2)cc1OC. The van der Waals surface area contributed by atoms with E-state index in [1.54, 1.807) is 54.7 Å². The first-order valence-electron chi connectivity index (χ1n) is 11.8. The van der Waals surface area contributed by atoms with Crippen molar-refractivity contribution in [2.75, 3.05) is 13.7 Å². The highest BCUT2D eigenvalue weighted by atomic mass is 16.5. The van der Waals surface area contributed by atoms with Gasteiger partial charge < -0.3 is 23.2 Å². The fourth-order valence-electron chi connectivity index (χ4n) is 4.55. The van der Waals surface area contributed by atoms with Crippen LogP contribution in [0, 0.1) is 0 Å². The van der Waals surface area contributed by atoms with Crippen molar-refractivity contribution in [2.24, 2.45) is 0 Å². The van der Waals surface area contributed by atoms with Crippen LogP contribution in [0.1, 0.15) is 59.7 Å². The molecule has 0 saturated carbocycles. The minimum Gasteiger partial charge on any atom is -0.493 e. The quantitative estimate of drug-likeness (QED) is 0.290. The van der Waals surface area contributed by atoms with Gasteiger partial charge >= 0.3 is 0 Å². The number of furan rings is 1. The first-order valence-corrected chi connectivity index (χ1v) is 11.8. The molecule has 7 nitrogen and oxygen atoms in total. The second kappa shape index (κ2) is 9.70. The largest absolute Gasteiger partial charge is 0.493 e. The molecule has 180 valence electrons. The zero-order chi connectivity index (χ0) is 24.4. The third-order valence-electron chi connectivity index (χ3n) is 6.29. The third kappa shape index (κ3) is 4.18. The lowest BCUT2D eigenvalue weighted by Gasteiger charge is -2.25. The molecule has 0 radical (unpaired) electrons. The highest BCUT2D eigenvalue weighted by Crippen LogP contribution is 2.41. The second-order valence-electron chi connectivity index (χ2n) is 8.55. The van der Waals surface area contributed by atoms with Gasteiger partial charge in [0, 0.05) is 0 Å². The van der Waals surface area contributed by atoms with Crippen LogP contribution >= 0.6 is 0 Å². The van der Waals surface area contributed by atoms with Crippen LogP contribution in [-0.4, -0.2) is 24.5 Å². The van der Waals surface area contributed by atoms with E-state index in [4.69, 9.17) is 18.3 Å². The number of fused-ring (bicyclic) bond motifs is 2. The van der Waals surface area contributed by atoms with Gasteiger partial charge in [0.2, 0.25) is 5.76 Å². The molecule has 0 spiro atoms. The Hall–Kier alpha value is -4.00. The lowest BCUT2D eigenvalue weighted by Crippen LogP contribution is -2.29. The molecule has 0 saturated heterocycles. The van der Waals surface area contributed by atoms with Gasteiger partial charge in [0.1, 0.15) is 11.3 Å². The summed E-state index contributed by atoms with van der Waals surface area (Å²) in [6, 6.07) is 15.4. The van der Waals surface area contributed by atoms with E-state index in [2.05, 4.69) is 6.92 Å². The Kier molecular flexibility index (Phi) is 6.31. The average Bonchev–Trinajstić information content (AvgIpc) is 3.49. The van der Waals surface area contributed by atoms with Gasteiger partial charge in [0.25, 0.3) is 5.91 Å². The fraction of sp³-hybridized carbons (Fsp3) is 0.286. The topological polar surface area (TPSA) is 82.1 Å². The molecule has 1 aliphatic rings. The van der Waals surface area contributed by atoms with Gasteiger partial charge in [0.05, 0.1) is 43.5 Å². The highest BCUT2D eigenvalue weighted by Gasteiger charge is 2.43. The number of ether oxygens (including phenoxy) is 2. The first-order chi connectivity index (χ1) is 17.1. The summed E-state index contributed by atoms with van der Waals surface area (Å²) < 4.78 is 23.0. The minimum absolute atomic E-state index is 0.0594. The Labute approximate surface area is 202 Å². The van der Waals surface area contributed by atoms with Gasteiger partial charge in [-0.05, 0) is 48.4 Å². The first kappa shape index (κ1) is 22.8. The molecule has 1 amide bonds. The van der Waals surface area contributed by atoms with Gasteiger partial charge in [-0.2, -0.15) is 0 Å². The lowest BCUT2D eigenvalue weighted by atomic mass is 9.98. The zero-order valence-corrected chi connectivity index (χ0v) is 19.8. The normalized spacial score (nSPS) is 15.0. The van der Waals surface area contributed by atoms with E-state index in [1.807, 2.05) is 18.2 Å². The van der Waals surface area contributed by atoms with Crippen molar-refractivity contribution in [3.8, 4) is 11.5 Å². The number of carbonyl (C=O) groups is 1. The fourth-order valence-corrected chi connectivity index (χ4v) is 4.55. The smallest absolute Gasteiger partial charge is 0.291 e. The number of para-hydroxylation sites is 1. The Morgan fingerprint density at radius 1 is 1.00 bits per heavy atom. The minimum atomic E-state index is -0.661. The Morgan fingerprint density at radius 3 is 2.63 bits per heavy atom. The maximum absolute atomic E-state index is 13.6. The summed E-state index contributed by atoms with van der Waals surface area (Å²) in [6.07, 6.45) is 4.71. The molecule has 2 aromatic heterocycles. The van der Waals surface area contributed by atoms with Crippen LogP contribution < -0.4 is 14.9 Å². The van der Waals surface area contributed by atoms with Crippen molar-refractivity contribution in [3.05, 3.63) is 93.7 Å². The summed E-state index contributed by atoms with van der Waals surface area (Å²) in [5.74, 6) is 1.48. The second-order valence-corrected chi connectivity index (χ2v) is 8.55. The van der Waals surface area contributed by atoms with Crippen LogP contribution in [0.15, 0.2) is 74.5 Å². The van der Waals surface area contributed by atoms with Crippen molar-refractivity contribution in [2.45, 2.75) is 38.8 Å². The summed E-state index contributed by atoms with van der Waals surface area (Å²) in [5.41, 5.74) is 1.21. The molecular weight excluding hydrogens is 446 g/mol. The van der Waals surface area contributed by atoms with Gasteiger partial charge in [-0.15, -0.1) is 0 Å². The summed E-state index contributed by atoms with van der Waals surface area (Å²) in [4.78, 5) is 28.7. The zero-order valence-electron chi connectivity index (χ0n) is 19.8. The van der Waals surface area contributed by atoms with E-state index < -0.39 is 6.04 Å². The average molecular weight is 474 g/mol. The van der Waals surface area contributed by atoms with E-state index in [9.17, 15) is 9.59 Å². The molecule has 7 heteroatoms. The molecule has 0 fully saturated rings. The number of rotatable bonds is 9.